The summed E-state index contributed by atoms with van der Waals surface area (Å²) < 4.78 is 0. The van der Waals surface area contributed by atoms with Crippen LogP contribution in [0.3, 0.4) is 0 Å². The first-order valence-corrected chi connectivity index (χ1v) is 8.83. The lowest BCUT2D eigenvalue weighted by Crippen LogP contribution is -1.94. The van der Waals surface area contributed by atoms with Gasteiger partial charge in [0.25, 0.3) is 0 Å². The predicted octanol–water partition coefficient (Wildman–Crippen LogP) is 5.97. The van der Waals surface area contributed by atoms with Gasteiger partial charge in [-0.05, 0) is 48.3 Å². The predicted molar refractivity (Wildman–Crippen MR) is 110 cm³/mol. The van der Waals surface area contributed by atoms with Gasteiger partial charge in [-0.1, -0.05) is 83.9 Å². The number of carbonyl (C=O) groups excluding carboxylic acids is 1. The lowest BCUT2D eigenvalue weighted by Gasteiger charge is -2.00. The third kappa shape index (κ3) is 3.04. The van der Waals surface area contributed by atoms with E-state index in [1.807, 2.05) is 36.4 Å². The first-order chi connectivity index (χ1) is 12.6. The number of benzene rings is 3. The highest BCUT2D eigenvalue weighted by molar-refractivity contribution is 6.51. The van der Waals surface area contributed by atoms with Crippen molar-refractivity contribution in [1.82, 2.24) is 0 Å². The lowest BCUT2D eigenvalue weighted by molar-refractivity contribution is -0.108. The van der Waals surface area contributed by atoms with E-state index in [1.54, 1.807) is 0 Å². The van der Waals surface area contributed by atoms with Crippen molar-refractivity contribution in [3.05, 3.63) is 106 Å². The molecule has 126 valence electrons. The maximum Gasteiger partial charge on any atom is 0.194 e. The molecule has 26 heavy (non-hydrogen) atoms. The monoisotopic (exact) mass is 336 g/mol. The van der Waals surface area contributed by atoms with Gasteiger partial charge in [0.15, 0.2) is 5.78 Å². The van der Waals surface area contributed by atoms with E-state index >= 15 is 0 Å². The van der Waals surface area contributed by atoms with Crippen LogP contribution < -0.4 is 0 Å². The molecule has 0 radical (unpaired) electrons. The van der Waals surface area contributed by atoms with Crippen molar-refractivity contribution in [1.29, 1.82) is 0 Å². The molecule has 1 aliphatic rings. The first-order valence-electron chi connectivity index (χ1n) is 8.83. The molecule has 0 fully saturated rings. The summed E-state index contributed by atoms with van der Waals surface area (Å²) in [6, 6.07) is 24.5. The van der Waals surface area contributed by atoms with Gasteiger partial charge < -0.3 is 0 Å². The van der Waals surface area contributed by atoms with Crippen LogP contribution >= 0.6 is 0 Å². The van der Waals surface area contributed by atoms with Crippen LogP contribution in [-0.4, -0.2) is 5.78 Å². The van der Waals surface area contributed by atoms with Crippen molar-refractivity contribution in [2.45, 2.75) is 13.8 Å². The van der Waals surface area contributed by atoms with E-state index in [9.17, 15) is 4.79 Å². The smallest absolute Gasteiger partial charge is 0.194 e. The van der Waals surface area contributed by atoms with Crippen molar-refractivity contribution >= 4 is 29.1 Å². The Morgan fingerprint density at radius 3 is 1.35 bits per heavy atom. The number of hydrogen-bond acceptors (Lipinski definition) is 1. The Labute approximate surface area is 154 Å². The number of rotatable bonds is 2. The third-order valence-corrected chi connectivity index (χ3v) is 4.77. The molecule has 0 bridgehead atoms. The molecule has 4 rings (SSSR count). The fourth-order valence-corrected chi connectivity index (χ4v) is 3.29. The van der Waals surface area contributed by atoms with E-state index in [4.69, 9.17) is 0 Å². The Morgan fingerprint density at radius 2 is 0.962 bits per heavy atom. The Kier molecular flexibility index (Phi) is 4.14. The Bertz CT molecular complexity index is 948. The molecule has 1 heteroatoms. The van der Waals surface area contributed by atoms with Gasteiger partial charge in [0.2, 0.25) is 0 Å². The van der Waals surface area contributed by atoms with Gasteiger partial charge in [0, 0.05) is 11.1 Å². The highest BCUT2D eigenvalue weighted by Crippen LogP contribution is 2.39. The summed E-state index contributed by atoms with van der Waals surface area (Å²) in [5.41, 5.74) is 8.07. The van der Waals surface area contributed by atoms with Gasteiger partial charge in [-0.3, -0.25) is 4.79 Å². The van der Waals surface area contributed by atoms with Gasteiger partial charge in [0.05, 0.1) is 0 Å². The third-order valence-electron chi connectivity index (χ3n) is 4.77. The number of fused-ring (bicyclic) bond motifs is 1. The average molecular weight is 336 g/mol. The number of Topliss-reactive ketones (excluding diaryl/α,β-unsaturated/α-hetero) is 1. The van der Waals surface area contributed by atoms with E-state index in [0.29, 0.717) is 0 Å². The average Bonchev–Trinajstić information content (AvgIpc) is 2.91. The van der Waals surface area contributed by atoms with Crippen LogP contribution in [0.25, 0.3) is 23.3 Å². The summed E-state index contributed by atoms with van der Waals surface area (Å²) in [5, 5.41) is 0. The van der Waals surface area contributed by atoms with E-state index in [2.05, 4.69) is 62.4 Å². The number of aryl methyl sites for hydroxylation is 2. The minimum Gasteiger partial charge on any atom is -0.289 e. The van der Waals surface area contributed by atoms with Crippen molar-refractivity contribution in [3.8, 4) is 0 Å². The zero-order valence-corrected chi connectivity index (χ0v) is 15.0. The summed E-state index contributed by atoms with van der Waals surface area (Å²) in [4.78, 5) is 13.2. The van der Waals surface area contributed by atoms with Crippen LogP contribution in [-0.2, 0) is 4.79 Å². The second-order valence-corrected chi connectivity index (χ2v) is 6.81. The Balaban J connectivity index is 1.82. The van der Waals surface area contributed by atoms with Crippen molar-refractivity contribution in [3.63, 3.8) is 0 Å². The molecule has 0 heterocycles. The van der Waals surface area contributed by atoms with Crippen LogP contribution in [0.4, 0.5) is 0 Å². The summed E-state index contributed by atoms with van der Waals surface area (Å²) in [6.07, 6.45) is 3.99. The van der Waals surface area contributed by atoms with E-state index < -0.39 is 0 Å². The van der Waals surface area contributed by atoms with Crippen molar-refractivity contribution in [2.75, 3.05) is 0 Å². The molecule has 0 aromatic heterocycles. The fraction of sp³-hybridized carbons (Fsp3) is 0.0800. The normalized spacial score (nSPS) is 16.3. The molecule has 1 nitrogen and oxygen atoms in total. The molecule has 0 aliphatic heterocycles. The fourth-order valence-electron chi connectivity index (χ4n) is 3.29. The summed E-state index contributed by atoms with van der Waals surface area (Å²) in [7, 11) is 0. The molecular weight excluding hydrogens is 316 g/mol. The molecule has 0 spiro atoms. The van der Waals surface area contributed by atoms with Crippen LogP contribution in [0.2, 0.25) is 0 Å². The number of ketones is 1. The number of hydrogen-bond donors (Lipinski definition) is 0. The number of carbonyl (C=O) groups is 1. The first kappa shape index (κ1) is 16.3. The highest BCUT2D eigenvalue weighted by atomic mass is 16.1. The number of allylic oxidation sites excluding steroid dienone is 2. The molecule has 0 unspecified atom stereocenters. The van der Waals surface area contributed by atoms with Crippen molar-refractivity contribution in [2.24, 2.45) is 0 Å². The van der Waals surface area contributed by atoms with Gasteiger partial charge in [-0.25, -0.2) is 0 Å². The quantitative estimate of drug-likeness (QED) is 0.527. The van der Waals surface area contributed by atoms with Crippen LogP contribution in [0, 0.1) is 13.8 Å². The second kappa shape index (κ2) is 6.61. The van der Waals surface area contributed by atoms with E-state index in [-0.39, 0.29) is 5.78 Å². The molecule has 0 amide bonds. The van der Waals surface area contributed by atoms with E-state index in [1.165, 1.54) is 11.1 Å². The zero-order chi connectivity index (χ0) is 18.1. The van der Waals surface area contributed by atoms with Crippen LogP contribution in [0.5, 0.6) is 0 Å². The van der Waals surface area contributed by atoms with Crippen molar-refractivity contribution < 1.29 is 4.79 Å². The SMILES string of the molecule is Cc1ccc(/C=C2/C(=O)/C(=C/c3ccc(C)cc3)c3ccccc32)cc1. The Hall–Kier alpha value is -3.19. The zero-order valence-electron chi connectivity index (χ0n) is 15.0. The Morgan fingerprint density at radius 1 is 0.577 bits per heavy atom. The summed E-state index contributed by atoms with van der Waals surface area (Å²) in [6.45, 7) is 4.13. The van der Waals surface area contributed by atoms with Gasteiger partial charge in [-0.15, -0.1) is 0 Å². The van der Waals surface area contributed by atoms with E-state index in [0.717, 1.165) is 33.4 Å². The summed E-state index contributed by atoms with van der Waals surface area (Å²) in [5.74, 6) is 0.0901. The highest BCUT2D eigenvalue weighted by Gasteiger charge is 2.29. The van der Waals surface area contributed by atoms with Gasteiger partial charge >= 0.3 is 0 Å². The minimum absolute atomic E-state index is 0.0901. The van der Waals surface area contributed by atoms with Crippen LogP contribution in [0.15, 0.2) is 72.8 Å². The molecule has 3 aromatic carbocycles. The molecule has 3 aromatic rings. The maximum atomic E-state index is 13.2. The molecule has 0 saturated carbocycles. The lowest BCUT2D eigenvalue weighted by atomic mass is 10.0. The molecule has 0 N–H and O–H groups in total. The topological polar surface area (TPSA) is 17.1 Å². The maximum absolute atomic E-state index is 13.2. The molecule has 0 atom stereocenters. The van der Waals surface area contributed by atoms with Gasteiger partial charge in [0.1, 0.15) is 0 Å². The van der Waals surface area contributed by atoms with Crippen LogP contribution in [0.1, 0.15) is 33.4 Å². The summed E-state index contributed by atoms with van der Waals surface area (Å²) >= 11 is 0. The molecule has 0 saturated heterocycles. The standard InChI is InChI=1S/C25H20O/c1-17-7-11-19(12-8-17)15-23-21-5-3-4-6-22(21)24(25(23)26)16-20-13-9-18(2)10-14-20/h3-16H,1-2H3/b23-15+,24-16+. The second-order valence-electron chi connectivity index (χ2n) is 6.81. The minimum atomic E-state index is 0.0901. The largest absolute Gasteiger partial charge is 0.289 e. The molecule has 1 aliphatic carbocycles. The van der Waals surface area contributed by atoms with Gasteiger partial charge in [-0.2, -0.15) is 0 Å². The molecular formula is C25H20O.